The Morgan fingerprint density at radius 2 is 1.74 bits per heavy atom. The van der Waals surface area contributed by atoms with Crippen molar-refractivity contribution in [2.75, 3.05) is 23.5 Å². The number of hydrogen-bond donors (Lipinski definition) is 3. The monoisotopic (exact) mass is 524 g/mol. The van der Waals surface area contributed by atoms with Crippen LogP contribution in [0.2, 0.25) is 0 Å². The van der Waals surface area contributed by atoms with Gasteiger partial charge in [-0.25, -0.2) is 14.5 Å². The van der Waals surface area contributed by atoms with Crippen LogP contribution in [-0.4, -0.2) is 33.9 Å². The number of alkyl halides is 3. The van der Waals surface area contributed by atoms with Crippen LogP contribution in [0.3, 0.4) is 0 Å². The Morgan fingerprint density at radius 3 is 2.37 bits per heavy atom. The van der Waals surface area contributed by atoms with Gasteiger partial charge >= 0.3 is 18.2 Å². The highest BCUT2D eigenvalue weighted by molar-refractivity contribution is 6.02. The van der Waals surface area contributed by atoms with E-state index in [9.17, 15) is 22.8 Å². The fraction of sp³-hybridized carbons (Fsp3) is 0.231. The van der Waals surface area contributed by atoms with Crippen molar-refractivity contribution in [1.29, 1.82) is 0 Å². The van der Waals surface area contributed by atoms with Crippen molar-refractivity contribution in [2.24, 2.45) is 7.05 Å². The summed E-state index contributed by atoms with van der Waals surface area (Å²) in [4.78, 5) is 29.6. The number of aromatic nitrogens is 3. The van der Waals surface area contributed by atoms with Crippen molar-refractivity contribution in [3.05, 3.63) is 65.9 Å². The number of nitrogens with zero attached hydrogens (tertiary/aromatic N) is 3. The molecule has 196 valence electrons. The number of halogens is 3. The zero-order valence-corrected chi connectivity index (χ0v) is 20.4. The molecule has 5 rings (SSSR count). The molecule has 2 aromatic carbocycles. The summed E-state index contributed by atoms with van der Waals surface area (Å²) < 4.78 is 45.4. The van der Waals surface area contributed by atoms with Crippen LogP contribution in [-0.2, 0) is 28.2 Å². The van der Waals surface area contributed by atoms with Crippen LogP contribution in [0.15, 0.2) is 54.6 Å². The third-order valence-corrected chi connectivity index (χ3v) is 6.54. The van der Waals surface area contributed by atoms with E-state index in [2.05, 4.69) is 20.7 Å². The van der Waals surface area contributed by atoms with Gasteiger partial charge < -0.3 is 21.1 Å². The number of carbonyl (C=O) groups excluding carboxylic acids is 2. The number of urea groups is 1. The number of nitrogen functional groups attached to an aromatic ring is 1. The number of aryl methyl sites for hydroxylation is 1. The Kier molecular flexibility index (Phi) is 5.97. The Morgan fingerprint density at radius 1 is 1.05 bits per heavy atom. The van der Waals surface area contributed by atoms with Gasteiger partial charge in [0.25, 0.3) is 0 Å². The summed E-state index contributed by atoms with van der Waals surface area (Å²) in [6.45, 7) is 0. The summed E-state index contributed by atoms with van der Waals surface area (Å²) >= 11 is 0. The first kappa shape index (κ1) is 25.1. The summed E-state index contributed by atoms with van der Waals surface area (Å²) in [7, 11) is 3.06. The number of amides is 2. The maximum atomic E-state index is 12.9. The number of esters is 1. The van der Waals surface area contributed by atoms with Crippen LogP contribution < -0.4 is 16.4 Å². The first-order valence-electron chi connectivity index (χ1n) is 11.6. The standard InChI is InChI=1S/C26H23F3N6O3/c1-35-22-20(21(30)34-35)18(13-19(33-22)25(10-11-25)23(36)38-2)14-6-8-16(9-7-14)31-24(37)32-17-5-3-4-15(12-17)26(27,28)29/h3-9,12-13H,10-11H2,1-2H3,(H2,30,34)(H2,31,32,37). The van der Waals surface area contributed by atoms with Crippen molar-refractivity contribution < 1.29 is 27.5 Å². The normalized spacial score (nSPS) is 14.2. The maximum Gasteiger partial charge on any atom is 0.416 e. The van der Waals surface area contributed by atoms with Gasteiger partial charge in [0.05, 0.1) is 23.8 Å². The minimum Gasteiger partial charge on any atom is -0.468 e. The van der Waals surface area contributed by atoms with Gasteiger partial charge in [-0.2, -0.15) is 18.3 Å². The lowest BCUT2D eigenvalue weighted by molar-refractivity contribution is -0.143. The van der Waals surface area contributed by atoms with E-state index in [1.807, 2.05) is 6.07 Å². The number of methoxy groups -OCH3 is 1. The summed E-state index contributed by atoms with van der Waals surface area (Å²) in [6, 6.07) is 12.3. The third kappa shape index (κ3) is 4.49. The molecule has 12 heteroatoms. The van der Waals surface area contributed by atoms with Crippen LogP contribution in [0.4, 0.5) is 35.2 Å². The summed E-state index contributed by atoms with van der Waals surface area (Å²) in [5.41, 5.74) is 7.47. The largest absolute Gasteiger partial charge is 0.468 e. The molecular formula is C26H23F3N6O3. The molecule has 4 aromatic rings. The zero-order valence-electron chi connectivity index (χ0n) is 20.4. The van der Waals surface area contributed by atoms with Crippen molar-refractivity contribution in [3.8, 4) is 11.1 Å². The van der Waals surface area contributed by atoms with Crippen molar-refractivity contribution >= 4 is 40.2 Å². The zero-order chi connectivity index (χ0) is 27.2. The van der Waals surface area contributed by atoms with Gasteiger partial charge in [0.2, 0.25) is 0 Å². The van der Waals surface area contributed by atoms with Gasteiger partial charge in [0.15, 0.2) is 11.5 Å². The molecule has 0 aliphatic heterocycles. The van der Waals surface area contributed by atoms with Gasteiger partial charge in [-0.3, -0.25) is 4.79 Å². The van der Waals surface area contributed by atoms with Gasteiger partial charge in [0.1, 0.15) is 5.41 Å². The lowest BCUT2D eigenvalue weighted by Crippen LogP contribution is -2.23. The lowest BCUT2D eigenvalue weighted by atomic mass is 9.95. The van der Waals surface area contributed by atoms with E-state index in [-0.39, 0.29) is 17.5 Å². The molecule has 2 heterocycles. The minimum atomic E-state index is -4.52. The number of ether oxygens (including phenoxy) is 1. The molecule has 2 amide bonds. The molecule has 9 nitrogen and oxygen atoms in total. The van der Waals surface area contributed by atoms with Gasteiger partial charge in [-0.1, -0.05) is 18.2 Å². The first-order valence-corrected chi connectivity index (χ1v) is 11.6. The van der Waals surface area contributed by atoms with Crippen LogP contribution in [0, 0.1) is 0 Å². The Hall–Kier alpha value is -4.61. The van der Waals surface area contributed by atoms with Gasteiger partial charge in [-0.15, -0.1) is 0 Å². The molecule has 2 aromatic heterocycles. The molecule has 4 N–H and O–H groups in total. The van der Waals surface area contributed by atoms with E-state index < -0.39 is 23.2 Å². The Balaban J connectivity index is 1.41. The number of anilines is 3. The van der Waals surface area contributed by atoms with Gasteiger partial charge in [-0.05, 0) is 60.4 Å². The number of benzene rings is 2. The highest BCUT2D eigenvalue weighted by Crippen LogP contribution is 2.50. The molecular weight excluding hydrogens is 501 g/mol. The second-order valence-electron chi connectivity index (χ2n) is 9.07. The van der Waals surface area contributed by atoms with Crippen LogP contribution in [0.5, 0.6) is 0 Å². The average molecular weight is 525 g/mol. The fourth-order valence-corrected chi connectivity index (χ4v) is 4.44. The fourth-order valence-electron chi connectivity index (χ4n) is 4.44. The molecule has 0 saturated heterocycles. The summed E-state index contributed by atoms with van der Waals surface area (Å²) in [5.74, 6) is -0.0705. The maximum absolute atomic E-state index is 12.9. The highest BCUT2D eigenvalue weighted by Gasteiger charge is 2.54. The minimum absolute atomic E-state index is 0.00677. The third-order valence-electron chi connectivity index (χ3n) is 6.54. The average Bonchev–Trinajstić information content (AvgIpc) is 3.64. The summed E-state index contributed by atoms with van der Waals surface area (Å²) in [5, 5.41) is 9.91. The molecule has 38 heavy (non-hydrogen) atoms. The topological polar surface area (TPSA) is 124 Å². The number of hydrogen-bond acceptors (Lipinski definition) is 6. The number of nitrogens with two attached hydrogens (primary N) is 1. The molecule has 1 aliphatic rings. The second-order valence-corrected chi connectivity index (χ2v) is 9.07. The first-order chi connectivity index (χ1) is 18.0. The van der Waals surface area contributed by atoms with Crippen LogP contribution in [0.25, 0.3) is 22.2 Å². The Bertz CT molecular complexity index is 1560. The molecule has 1 fully saturated rings. The van der Waals surface area contributed by atoms with E-state index in [1.54, 1.807) is 36.0 Å². The van der Waals surface area contributed by atoms with E-state index in [4.69, 9.17) is 10.5 Å². The van der Waals surface area contributed by atoms with Crippen molar-refractivity contribution in [3.63, 3.8) is 0 Å². The molecule has 1 aliphatic carbocycles. The predicted molar refractivity (Wildman–Crippen MR) is 135 cm³/mol. The molecule has 1 saturated carbocycles. The smallest absolute Gasteiger partial charge is 0.416 e. The second kappa shape index (κ2) is 9.05. The van der Waals surface area contributed by atoms with Crippen LogP contribution in [0.1, 0.15) is 24.1 Å². The molecule has 0 unspecified atom stereocenters. The molecule has 0 bridgehead atoms. The van der Waals surface area contributed by atoms with Crippen molar-refractivity contribution in [1.82, 2.24) is 14.8 Å². The SMILES string of the molecule is COC(=O)C1(c2cc(-c3ccc(NC(=O)Nc4cccc(C(F)(F)F)c4)cc3)c3c(N)nn(C)c3n2)CC1. The van der Waals surface area contributed by atoms with E-state index in [1.165, 1.54) is 19.2 Å². The van der Waals surface area contributed by atoms with E-state index in [0.29, 0.717) is 40.8 Å². The van der Waals surface area contributed by atoms with Crippen LogP contribution >= 0.6 is 0 Å². The molecule has 0 atom stereocenters. The number of rotatable bonds is 5. The van der Waals surface area contributed by atoms with Crippen molar-refractivity contribution in [2.45, 2.75) is 24.4 Å². The molecule has 0 spiro atoms. The Labute approximate surface area is 214 Å². The van der Waals surface area contributed by atoms with Gasteiger partial charge in [0, 0.05) is 18.4 Å². The lowest BCUT2D eigenvalue weighted by Gasteiger charge is -2.15. The number of nitrogens with one attached hydrogen (secondary N) is 2. The quantitative estimate of drug-likeness (QED) is 0.313. The number of carbonyl (C=O) groups is 2. The number of pyridine rings is 1. The number of fused-ring (bicyclic) bond motifs is 1. The molecule has 0 radical (unpaired) electrons. The predicted octanol–water partition coefficient (Wildman–Crippen LogP) is 5.08. The van der Waals surface area contributed by atoms with E-state index >= 15 is 0 Å². The summed E-state index contributed by atoms with van der Waals surface area (Å²) in [6.07, 6.45) is -3.28. The van der Waals surface area contributed by atoms with E-state index in [0.717, 1.165) is 17.7 Å². The highest BCUT2D eigenvalue weighted by atomic mass is 19.4.